The molecule has 7 heteroatoms. The predicted octanol–water partition coefficient (Wildman–Crippen LogP) is 4.23. The number of aromatic nitrogens is 2. The average Bonchev–Trinajstić information content (AvgIpc) is 2.56. The van der Waals surface area contributed by atoms with E-state index in [1.807, 2.05) is 0 Å². The number of piperidine rings is 1. The van der Waals surface area contributed by atoms with E-state index in [0.29, 0.717) is 11.4 Å². The van der Waals surface area contributed by atoms with Crippen LogP contribution in [0.25, 0.3) is 0 Å². The molecule has 0 aliphatic carbocycles. The molecule has 1 aromatic heterocycles. The molecule has 4 nitrogen and oxygen atoms in total. The van der Waals surface area contributed by atoms with Gasteiger partial charge < -0.3 is 10.2 Å². The normalized spacial score (nSPS) is 15.5. The first-order valence-corrected chi connectivity index (χ1v) is 7.52. The van der Waals surface area contributed by atoms with Gasteiger partial charge in [0.05, 0.1) is 35.0 Å². The fourth-order valence-corrected chi connectivity index (χ4v) is 2.74. The quantitative estimate of drug-likeness (QED) is 0.918. The molecule has 3 rings (SSSR count). The number of benzene rings is 1. The summed E-state index contributed by atoms with van der Waals surface area (Å²) in [6.45, 7) is 1.71. The molecule has 1 aliphatic heterocycles. The van der Waals surface area contributed by atoms with Crippen molar-refractivity contribution in [2.75, 3.05) is 23.3 Å². The van der Waals surface area contributed by atoms with E-state index < -0.39 is 11.7 Å². The second-order valence-electron chi connectivity index (χ2n) is 5.53. The summed E-state index contributed by atoms with van der Waals surface area (Å²) in [5.74, 6) is 0. The van der Waals surface area contributed by atoms with Crippen molar-refractivity contribution < 1.29 is 13.2 Å². The van der Waals surface area contributed by atoms with Crippen LogP contribution in [0.4, 0.5) is 30.2 Å². The van der Waals surface area contributed by atoms with E-state index in [1.54, 1.807) is 6.07 Å². The lowest BCUT2D eigenvalue weighted by Crippen LogP contribution is -2.30. The summed E-state index contributed by atoms with van der Waals surface area (Å²) in [4.78, 5) is 9.89. The van der Waals surface area contributed by atoms with E-state index >= 15 is 0 Å². The maximum absolute atomic E-state index is 13.0. The monoisotopic (exact) mass is 322 g/mol. The molecule has 0 unspecified atom stereocenters. The Morgan fingerprint density at radius 1 is 1.00 bits per heavy atom. The number of halogens is 3. The highest BCUT2D eigenvalue weighted by atomic mass is 19.4. The van der Waals surface area contributed by atoms with Crippen molar-refractivity contribution >= 4 is 17.1 Å². The lowest BCUT2D eigenvalue weighted by Gasteiger charge is -2.31. The Bertz CT molecular complexity index is 652. The number of nitrogens with zero attached hydrogens (tertiary/aromatic N) is 3. The SMILES string of the molecule is FC(F)(F)c1ccc(N2CCCCC2)c(Nc2cncnc2)c1. The zero-order chi connectivity index (χ0) is 16.3. The summed E-state index contributed by atoms with van der Waals surface area (Å²) in [6.07, 6.45) is 3.34. The van der Waals surface area contributed by atoms with Gasteiger partial charge in [-0.3, -0.25) is 0 Å². The fraction of sp³-hybridized carbons (Fsp3) is 0.375. The third kappa shape index (κ3) is 3.72. The molecule has 0 amide bonds. The third-order valence-corrected chi connectivity index (χ3v) is 3.86. The molecule has 1 saturated heterocycles. The highest BCUT2D eigenvalue weighted by Gasteiger charge is 2.31. The number of nitrogens with one attached hydrogen (secondary N) is 1. The van der Waals surface area contributed by atoms with Crippen molar-refractivity contribution in [3.8, 4) is 0 Å². The van der Waals surface area contributed by atoms with Crippen molar-refractivity contribution in [2.45, 2.75) is 25.4 Å². The predicted molar refractivity (Wildman–Crippen MR) is 82.8 cm³/mol. The van der Waals surface area contributed by atoms with Crippen LogP contribution in [-0.2, 0) is 6.18 Å². The molecule has 1 aliphatic rings. The van der Waals surface area contributed by atoms with Crippen LogP contribution >= 0.6 is 0 Å². The summed E-state index contributed by atoms with van der Waals surface area (Å²) in [6, 6.07) is 3.83. The van der Waals surface area contributed by atoms with Gasteiger partial charge in [-0.05, 0) is 37.5 Å². The first-order chi connectivity index (χ1) is 11.0. The number of anilines is 3. The van der Waals surface area contributed by atoms with Crippen LogP contribution in [0.15, 0.2) is 36.9 Å². The molecule has 1 fully saturated rings. The van der Waals surface area contributed by atoms with Crippen LogP contribution in [0.5, 0.6) is 0 Å². The summed E-state index contributed by atoms with van der Waals surface area (Å²) in [5, 5.41) is 3.02. The Labute approximate surface area is 132 Å². The molecule has 0 bridgehead atoms. The highest BCUT2D eigenvalue weighted by Crippen LogP contribution is 2.37. The molecule has 1 N–H and O–H groups in total. The Hall–Kier alpha value is -2.31. The number of alkyl halides is 3. The summed E-state index contributed by atoms with van der Waals surface area (Å²) < 4.78 is 39.0. The van der Waals surface area contributed by atoms with E-state index in [2.05, 4.69) is 20.2 Å². The number of rotatable bonds is 3. The lowest BCUT2D eigenvalue weighted by molar-refractivity contribution is -0.137. The van der Waals surface area contributed by atoms with Gasteiger partial charge in [0, 0.05) is 13.1 Å². The van der Waals surface area contributed by atoms with Gasteiger partial charge in [0.15, 0.2) is 0 Å². The van der Waals surface area contributed by atoms with E-state index in [-0.39, 0.29) is 0 Å². The second kappa shape index (κ2) is 6.44. The molecular weight excluding hydrogens is 305 g/mol. The Morgan fingerprint density at radius 3 is 2.35 bits per heavy atom. The molecule has 0 spiro atoms. The lowest BCUT2D eigenvalue weighted by atomic mass is 10.1. The van der Waals surface area contributed by atoms with Gasteiger partial charge in [-0.1, -0.05) is 0 Å². The summed E-state index contributed by atoms with van der Waals surface area (Å²) >= 11 is 0. The van der Waals surface area contributed by atoms with Crippen LogP contribution in [0.2, 0.25) is 0 Å². The molecule has 0 saturated carbocycles. The van der Waals surface area contributed by atoms with Gasteiger partial charge in [0.25, 0.3) is 0 Å². The molecule has 23 heavy (non-hydrogen) atoms. The molecule has 2 aromatic rings. The van der Waals surface area contributed by atoms with Crippen molar-refractivity contribution in [3.63, 3.8) is 0 Å². The second-order valence-corrected chi connectivity index (χ2v) is 5.53. The third-order valence-electron chi connectivity index (χ3n) is 3.86. The van der Waals surface area contributed by atoms with Gasteiger partial charge >= 0.3 is 6.18 Å². The highest BCUT2D eigenvalue weighted by molar-refractivity contribution is 5.76. The molecule has 0 atom stereocenters. The summed E-state index contributed by atoms with van der Waals surface area (Å²) in [5.41, 5.74) is 1.10. The van der Waals surface area contributed by atoms with Crippen molar-refractivity contribution in [2.24, 2.45) is 0 Å². The maximum atomic E-state index is 13.0. The zero-order valence-corrected chi connectivity index (χ0v) is 12.5. The summed E-state index contributed by atoms with van der Waals surface area (Å²) in [7, 11) is 0. The number of hydrogen-bond donors (Lipinski definition) is 1. The largest absolute Gasteiger partial charge is 0.416 e. The van der Waals surface area contributed by atoms with Crippen molar-refractivity contribution in [3.05, 3.63) is 42.5 Å². The van der Waals surface area contributed by atoms with Gasteiger partial charge in [-0.2, -0.15) is 13.2 Å². The minimum Gasteiger partial charge on any atom is -0.370 e. The van der Waals surface area contributed by atoms with Gasteiger partial charge in [-0.15, -0.1) is 0 Å². The van der Waals surface area contributed by atoms with Crippen LogP contribution in [0, 0.1) is 0 Å². The van der Waals surface area contributed by atoms with Crippen LogP contribution in [0.1, 0.15) is 24.8 Å². The van der Waals surface area contributed by atoms with Gasteiger partial charge in [0.2, 0.25) is 0 Å². The Morgan fingerprint density at radius 2 is 1.70 bits per heavy atom. The van der Waals surface area contributed by atoms with E-state index in [0.717, 1.165) is 50.2 Å². The minimum absolute atomic E-state index is 0.427. The Kier molecular flexibility index (Phi) is 4.36. The van der Waals surface area contributed by atoms with Crippen molar-refractivity contribution in [1.29, 1.82) is 0 Å². The van der Waals surface area contributed by atoms with Gasteiger partial charge in [0.1, 0.15) is 6.33 Å². The van der Waals surface area contributed by atoms with E-state index in [1.165, 1.54) is 18.7 Å². The molecule has 1 aromatic carbocycles. The zero-order valence-electron chi connectivity index (χ0n) is 12.5. The van der Waals surface area contributed by atoms with Crippen LogP contribution in [0.3, 0.4) is 0 Å². The fourth-order valence-electron chi connectivity index (χ4n) is 2.74. The van der Waals surface area contributed by atoms with Crippen LogP contribution in [-0.4, -0.2) is 23.1 Å². The maximum Gasteiger partial charge on any atom is 0.416 e. The Balaban J connectivity index is 1.97. The van der Waals surface area contributed by atoms with Crippen molar-refractivity contribution in [1.82, 2.24) is 9.97 Å². The van der Waals surface area contributed by atoms with E-state index in [4.69, 9.17) is 0 Å². The van der Waals surface area contributed by atoms with Crippen LogP contribution < -0.4 is 10.2 Å². The number of hydrogen-bond acceptors (Lipinski definition) is 4. The smallest absolute Gasteiger partial charge is 0.370 e. The van der Waals surface area contributed by atoms with Gasteiger partial charge in [-0.25, -0.2) is 9.97 Å². The molecular formula is C16H17F3N4. The molecule has 2 heterocycles. The standard InChI is InChI=1S/C16H17F3N4/c17-16(18,19)12-4-5-15(23-6-2-1-3-7-23)14(8-12)22-13-9-20-11-21-10-13/h4-5,8-11,22H,1-3,6-7H2. The minimum atomic E-state index is -4.37. The first kappa shape index (κ1) is 15.6. The topological polar surface area (TPSA) is 41.0 Å². The first-order valence-electron chi connectivity index (χ1n) is 7.52. The molecule has 0 radical (unpaired) electrons. The average molecular weight is 322 g/mol. The van der Waals surface area contributed by atoms with E-state index in [9.17, 15) is 13.2 Å². The molecule has 122 valence electrons.